The number of thioether (sulfide) groups is 1. The van der Waals surface area contributed by atoms with Gasteiger partial charge >= 0.3 is 0 Å². The summed E-state index contributed by atoms with van der Waals surface area (Å²) in [5, 5.41) is -0.0496. The van der Waals surface area contributed by atoms with E-state index in [0.717, 1.165) is 17.9 Å². The quantitative estimate of drug-likeness (QED) is 0.766. The van der Waals surface area contributed by atoms with Crippen LogP contribution in [0.2, 0.25) is 0 Å². The molecule has 1 aliphatic carbocycles. The van der Waals surface area contributed by atoms with Crippen LogP contribution in [0.25, 0.3) is 11.0 Å². The van der Waals surface area contributed by atoms with E-state index in [2.05, 4.69) is 29.0 Å². The summed E-state index contributed by atoms with van der Waals surface area (Å²) >= 11 is 8.32. The van der Waals surface area contributed by atoms with Crippen molar-refractivity contribution in [3.63, 3.8) is 0 Å². The zero-order valence-corrected chi connectivity index (χ0v) is 13.0. The maximum Gasteiger partial charge on any atom is 0.127 e. The van der Waals surface area contributed by atoms with Crippen LogP contribution in [-0.4, -0.2) is 20.6 Å². The van der Waals surface area contributed by atoms with Crippen LogP contribution in [0.4, 0.5) is 0 Å². The van der Waals surface area contributed by atoms with Gasteiger partial charge in [0.15, 0.2) is 0 Å². The summed E-state index contributed by atoms with van der Waals surface area (Å²) in [4.78, 5) is 4.71. The second-order valence-electron chi connectivity index (χ2n) is 5.40. The number of aromatic nitrogens is 2. The molecule has 1 aliphatic rings. The minimum Gasteiger partial charge on any atom is -0.325 e. The van der Waals surface area contributed by atoms with Crippen LogP contribution in [-0.2, 0) is 6.54 Å². The van der Waals surface area contributed by atoms with Crippen molar-refractivity contribution < 1.29 is 0 Å². The smallest absolute Gasteiger partial charge is 0.127 e. The van der Waals surface area contributed by atoms with Crippen molar-refractivity contribution in [3.05, 3.63) is 30.1 Å². The summed E-state index contributed by atoms with van der Waals surface area (Å²) in [5.41, 5.74) is 2.27. The van der Waals surface area contributed by atoms with Gasteiger partial charge in [-0.15, -0.1) is 11.6 Å². The first-order chi connectivity index (χ1) is 9.15. The normalized spacial score (nSPS) is 19.3. The van der Waals surface area contributed by atoms with Gasteiger partial charge in [0.2, 0.25) is 0 Å². The Labute approximate surface area is 123 Å². The summed E-state index contributed by atoms with van der Waals surface area (Å²) < 4.78 is 2.73. The van der Waals surface area contributed by atoms with E-state index in [9.17, 15) is 0 Å². The molecule has 0 amide bonds. The minimum absolute atomic E-state index is 0.0496. The Kier molecular flexibility index (Phi) is 3.52. The molecule has 1 fully saturated rings. The fourth-order valence-corrected chi connectivity index (χ4v) is 3.97. The third-order valence-electron chi connectivity index (χ3n) is 4.18. The molecule has 0 bridgehead atoms. The molecule has 1 unspecified atom stereocenters. The molecule has 0 N–H and O–H groups in total. The van der Waals surface area contributed by atoms with Gasteiger partial charge in [-0.1, -0.05) is 18.6 Å². The molecule has 1 aromatic carbocycles. The number of alkyl halides is 1. The van der Waals surface area contributed by atoms with E-state index in [1.807, 2.05) is 24.8 Å². The summed E-state index contributed by atoms with van der Waals surface area (Å²) in [6.45, 7) is 3.03. The lowest BCUT2D eigenvalue weighted by atomic mass is 9.84. The second kappa shape index (κ2) is 5.02. The van der Waals surface area contributed by atoms with Gasteiger partial charge in [0.05, 0.1) is 16.4 Å². The Bertz CT molecular complexity index is 581. The predicted octanol–water partition coefficient (Wildman–Crippen LogP) is 4.62. The van der Waals surface area contributed by atoms with Gasteiger partial charge in [0.25, 0.3) is 0 Å². The molecule has 0 saturated heterocycles. The Hall–Kier alpha value is -0.670. The number of rotatable bonds is 4. The number of fused-ring (bicyclic) bond motifs is 1. The first-order valence-corrected chi connectivity index (χ1v) is 8.46. The van der Waals surface area contributed by atoms with Gasteiger partial charge in [0, 0.05) is 11.3 Å². The van der Waals surface area contributed by atoms with Gasteiger partial charge in [-0.25, -0.2) is 4.98 Å². The van der Waals surface area contributed by atoms with Crippen LogP contribution in [0.3, 0.4) is 0 Å². The van der Waals surface area contributed by atoms with E-state index in [-0.39, 0.29) is 5.38 Å². The van der Waals surface area contributed by atoms with Crippen molar-refractivity contribution in [2.75, 3.05) is 6.26 Å². The fourth-order valence-electron chi connectivity index (χ4n) is 2.85. The molecule has 1 heterocycles. The summed E-state index contributed by atoms with van der Waals surface area (Å²) in [6, 6.07) is 8.34. The third kappa shape index (κ3) is 2.27. The zero-order valence-electron chi connectivity index (χ0n) is 11.4. The largest absolute Gasteiger partial charge is 0.325 e. The van der Waals surface area contributed by atoms with Crippen molar-refractivity contribution in [1.29, 1.82) is 0 Å². The summed E-state index contributed by atoms with van der Waals surface area (Å²) in [5.74, 6) is 1.00. The minimum atomic E-state index is -0.0496. The van der Waals surface area contributed by atoms with Crippen molar-refractivity contribution in [2.24, 2.45) is 0 Å². The number of benzene rings is 1. The van der Waals surface area contributed by atoms with Crippen molar-refractivity contribution in [1.82, 2.24) is 9.55 Å². The summed E-state index contributed by atoms with van der Waals surface area (Å²) in [7, 11) is 0. The van der Waals surface area contributed by atoms with Crippen molar-refractivity contribution in [3.8, 4) is 0 Å². The van der Waals surface area contributed by atoms with E-state index in [0.29, 0.717) is 4.75 Å². The molecule has 0 spiro atoms. The van der Waals surface area contributed by atoms with Crippen LogP contribution < -0.4 is 0 Å². The molecule has 0 radical (unpaired) electrons. The molecule has 0 aliphatic heterocycles. The number of para-hydroxylation sites is 2. The average molecular weight is 295 g/mol. The molecule has 1 saturated carbocycles. The van der Waals surface area contributed by atoms with E-state index >= 15 is 0 Å². The highest BCUT2D eigenvalue weighted by Gasteiger charge is 2.37. The molecule has 102 valence electrons. The Morgan fingerprint density at radius 3 is 2.74 bits per heavy atom. The molecular weight excluding hydrogens is 276 g/mol. The maximum absolute atomic E-state index is 6.32. The van der Waals surface area contributed by atoms with E-state index < -0.39 is 0 Å². The van der Waals surface area contributed by atoms with Crippen LogP contribution in [0.5, 0.6) is 0 Å². The van der Waals surface area contributed by atoms with E-state index in [4.69, 9.17) is 16.6 Å². The molecule has 4 heteroatoms. The van der Waals surface area contributed by atoms with Gasteiger partial charge in [-0.05, 0) is 38.2 Å². The number of nitrogens with zero attached hydrogens (tertiary/aromatic N) is 2. The summed E-state index contributed by atoms with van der Waals surface area (Å²) in [6.07, 6.45) is 6.18. The van der Waals surface area contributed by atoms with E-state index in [1.165, 1.54) is 24.8 Å². The van der Waals surface area contributed by atoms with Gasteiger partial charge in [-0.2, -0.15) is 11.8 Å². The molecule has 19 heavy (non-hydrogen) atoms. The lowest BCUT2D eigenvalue weighted by Crippen LogP contribution is -2.38. The van der Waals surface area contributed by atoms with Gasteiger partial charge in [-0.3, -0.25) is 0 Å². The van der Waals surface area contributed by atoms with Gasteiger partial charge in [0.1, 0.15) is 5.82 Å². The average Bonchev–Trinajstić information content (AvgIpc) is 2.73. The van der Waals surface area contributed by atoms with Crippen LogP contribution >= 0.6 is 23.4 Å². The predicted molar refractivity (Wildman–Crippen MR) is 84.1 cm³/mol. The topological polar surface area (TPSA) is 17.8 Å². The Morgan fingerprint density at radius 1 is 1.42 bits per heavy atom. The van der Waals surface area contributed by atoms with Crippen molar-refractivity contribution in [2.45, 2.75) is 42.9 Å². The molecule has 3 rings (SSSR count). The molecule has 1 atom stereocenters. The Balaban J connectivity index is 2.07. The maximum atomic E-state index is 6.32. The molecule has 2 aromatic rings. The highest BCUT2D eigenvalue weighted by molar-refractivity contribution is 8.00. The SMILES string of the molecule is CSC1(Cn2c(C(C)Cl)nc3ccccc32)CCC1. The van der Waals surface area contributed by atoms with E-state index in [1.54, 1.807) is 0 Å². The highest BCUT2D eigenvalue weighted by Crippen LogP contribution is 2.45. The van der Waals surface area contributed by atoms with Crippen LogP contribution in [0.1, 0.15) is 37.4 Å². The van der Waals surface area contributed by atoms with Crippen LogP contribution in [0.15, 0.2) is 24.3 Å². The lowest BCUT2D eigenvalue weighted by Gasteiger charge is -2.41. The standard InChI is InChI=1S/C15H19ClN2S/c1-11(16)14-17-12-6-3-4-7-13(12)18(14)10-15(19-2)8-5-9-15/h3-4,6-7,11H,5,8-10H2,1-2H3. The van der Waals surface area contributed by atoms with Gasteiger partial charge < -0.3 is 4.57 Å². The third-order valence-corrected chi connectivity index (χ3v) is 5.78. The molecule has 2 nitrogen and oxygen atoms in total. The van der Waals surface area contributed by atoms with Crippen molar-refractivity contribution >= 4 is 34.4 Å². The Morgan fingerprint density at radius 2 is 2.16 bits per heavy atom. The van der Waals surface area contributed by atoms with Crippen LogP contribution in [0, 0.1) is 0 Å². The zero-order chi connectivity index (χ0) is 13.5. The molecule has 1 aromatic heterocycles. The molecular formula is C15H19ClN2S. The number of halogens is 1. The monoisotopic (exact) mass is 294 g/mol. The lowest BCUT2D eigenvalue weighted by molar-refractivity contribution is 0.321. The number of imidazole rings is 1. The second-order valence-corrected chi connectivity index (χ2v) is 7.33. The number of hydrogen-bond acceptors (Lipinski definition) is 2. The first-order valence-electron chi connectivity index (χ1n) is 6.80. The highest BCUT2D eigenvalue weighted by atomic mass is 35.5. The fraction of sp³-hybridized carbons (Fsp3) is 0.533. The first kappa shape index (κ1) is 13.3. The number of hydrogen-bond donors (Lipinski definition) is 0.